The van der Waals surface area contributed by atoms with Crippen LogP contribution in [0.3, 0.4) is 0 Å². The fourth-order valence-corrected chi connectivity index (χ4v) is 1.71. The second-order valence-electron chi connectivity index (χ2n) is 4.23. The summed E-state index contributed by atoms with van der Waals surface area (Å²) in [6.45, 7) is 4.44. The van der Waals surface area contributed by atoms with Crippen molar-refractivity contribution in [2.75, 3.05) is 13.1 Å². The van der Waals surface area contributed by atoms with Gasteiger partial charge in [0.25, 0.3) is 0 Å². The van der Waals surface area contributed by atoms with Crippen molar-refractivity contribution >= 4 is 11.7 Å². The summed E-state index contributed by atoms with van der Waals surface area (Å²) in [5.74, 6) is -0.103. The standard InChI is InChI=1S/C11H16N2O2/c1-8(2)10(14)7-9-3-5-13(6-4-12)11(9)15/h8-9H,3,5-7H2,1-2H3/t9-/m0/s1. The molecule has 1 saturated heterocycles. The third-order valence-corrected chi connectivity index (χ3v) is 2.76. The van der Waals surface area contributed by atoms with Crippen LogP contribution in [0.1, 0.15) is 26.7 Å². The highest BCUT2D eigenvalue weighted by atomic mass is 16.2. The number of carbonyl (C=O) groups is 2. The van der Waals surface area contributed by atoms with Crippen molar-refractivity contribution in [3.05, 3.63) is 0 Å². The summed E-state index contributed by atoms with van der Waals surface area (Å²) < 4.78 is 0. The van der Waals surface area contributed by atoms with Gasteiger partial charge in [-0.2, -0.15) is 5.26 Å². The predicted octanol–water partition coefficient (Wildman–Crippen LogP) is 0.974. The summed E-state index contributed by atoms with van der Waals surface area (Å²) >= 11 is 0. The predicted molar refractivity (Wildman–Crippen MR) is 54.8 cm³/mol. The van der Waals surface area contributed by atoms with E-state index in [-0.39, 0.29) is 30.1 Å². The number of nitrogens with zero attached hydrogens (tertiary/aromatic N) is 2. The van der Waals surface area contributed by atoms with Crippen LogP contribution >= 0.6 is 0 Å². The minimum atomic E-state index is -0.187. The van der Waals surface area contributed by atoms with E-state index in [1.807, 2.05) is 19.9 Å². The van der Waals surface area contributed by atoms with Crippen LogP contribution in [0, 0.1) is 23.2 Å². The maximum absolute atomic E-state index is 11.7. The highest BCUT2D eigenvalue weighted by Crippen LogP contribution is 2.22. The van der Waals surface area contributed by atoms with Gasteiger partial charge in [-0.05, 0) is 6.42 Å². The minimum absolute atomic E-state index is 0.0113. The molecule has 4 nitrogen and oxygen atoms in total. The lowest BCUT2D eigenvalue weighted by molar-refractivity contribution is -0.133. The molecule has 0 radical (unpaired) electrons. The molecule has 0 bridgehead atoms. The Labute approximate surface area is 89.9 Å². The zero-order valence-electron chi connectivity index (χ0n) is 9.19. The topological polar surface area (TPSA) is 61.2 Å². The Bertz CT molecular complexity index is 304. The van der Waals surface area contributed by atoms with Crippen LogP contribution in [-0.2, 0) is 9.59 Å². The number of ketones is 1. The van der Waals surface area contributed by atoms with Crippen LogP contribution in [-0.4, -0.2) is 29.7 Å². The molecule has 15 heavy (non-hydrogen) atoms. The van der Waals surface area contributed by atoms with Gasteiger partial charge in [0, 0.05) is 24.8 Å². The molecule has 1 atom stereocenters. The molecule has 0 aromatic rings. The van der Waals surface area contributed by atoms with E-state index in [1.54, 1.807) is 0 Å². The Balaban J connectivity index is 2.50. The molecule has 0 saturated carbocycles. The van der Waals surface area contributed by atoms with E-state index < -0.39 is 0 Å². The fraction of sp³-hybridized carbons (Fsp3) is 0.727. The molecule has 82 valence electrons. The summed E-state index contributed by atoms with van der Waals surface area (Å²) in [6.07, 6.45) is 1.04. The van der Waals surface area contributed by atoms with Gasteiger partial charge in [0.05, 0.1) is 6.07 Å². The average Bonchev–Trinajstić information content (AvgIpc) is 2.50. The number of likely N-dealkylation sites (tertiary alicyclic amines) is 1. The maximum atomic E-state index is 11.7. The number of hydrogen-bond donors (Lipinski definition) is 0. The Morgan fingerprint density at radius 1 is 1.67 bits per heavy atom. The number of hydrogen-bond acceptors (Lipinski definition) is 3. The molecule has 1 rings (SSSR count). The third kappa shape index (κ3) is 2.79. The number of amides is 1. The molecule has 1 aliphatic rings. The lowest BCUT2D eigenvalue weighted by Crippen LogP contribution is -2.28. The molecule has 0 aliphatic carbocycles. The van der Waals surface area contributed by atoms with Crippen molar-refractivity contribution in [1.82, 2.24) is 4.90 Å². The van der Waals surface area contributed by atoms with Crippen LogP contribution in [0.5, 0.6) is 0 Å². The van der Waals surface area contributed by atoms with E-state index in [2.05, 4.69) is 0 Å². The summed E-state index contributed by atoms with van der Waals surface area (Å²) in [7, 11) is 0. The molecular weight excluding hydrogens is 192 g/mol. The third-order valence-electron chi connectivity index (χ3n) is 2.76. The SMILES string of the molecule is CC(C)C(=O)C[C@@H]1CCN(CC#N)C1=O. The number of nitriles is 1. The van der Waals surface area contributed by atoms with Gasteiger partial charge in [0.2, 0.25) is 5.91 Å². The molecule has 0 unspecified atom stereocenters. The van der Waals surface area contributed by atoms with Gasteiger partial charge in [-0.3, -0.25) is 9.59 Å². The Kier molecular flexibility index (Phi) is 3.84. The van der Waals surface area contributed by atoms with Crippen molar-refractivity contribution in [1.29, 1.82) is 5.26 Å². The van der Waals surface area contributed by atoms with E-state index in [9.17, 15) is 9.59 Å². The molecule has 0 N–H and O–H groups in total. The van der Waals surface area contributed by atoms with Crippen LogP contribution in [0.25, 0.3) is 0 Å². The monoisotopic (exact) mass is 208 g/mol. The molecule has 4 heteroatoms. The van der Waals surface area contributed by atoms with Crippen LogP contribution in [0.4, 0.5) is 0 Å². The largest absolute Gasteiger partial charge is 0.329 e. The first-order chi connectivity index (χ1) is 7.06. The van der Waals surface area contributed by atoms with Gasteiger partial charge in [-0.25, -0.2) is 0 Å². The summed E-state index contributed by atoms with van der Waals surface area (Å²) in [5, 5.41) is 8.49. The quantitative estimate of drug-likeness (QED) is 0.647. The first kappa shape index (κ1) is 11.7. The number of carbonyl (C=O) groups excluding carboxylic acids is 2. The molecule has 1 fully saturated rings. The second-order valence-corrected chi connectivity index (χ2v) is 4.23. The lowest BCUT2D eigenvalue weighted by atomic mass is 9.95. The minimum Gasteiger partial charge on any atom is -0.329 e. The van der Waals surface area contributed by atoms with Crippen molar-refractivity contribution in [3.63, 3.8) is 0 Å². The van der Waals surface area contributed by atoms with Gasteiger partial charge in [0.15, 0.2) is 0 Å². The van der Waals surface area contributed by atoms with Crippen molar-refractivity contribution in [2.45, 2.75) is 26.7 Å². The number of Topliss-reactive ketones (excluding diaryl/α,β-unsaturated/α-hetero) is 1. The van der Waals surface area contributed by atoms with Gasteiger partial charge in [-0.1, -0.05) is 13.8 Å². The summed E-state index contributed by atoms with van der Waals surface area (Å²) in [5.41, 5.74) is 0. The molecule has 1 aliphatic heterocycles. The van der Waals surface area contributed by atoms with E-state index in [4.69, 9.17) is 5.26 Å². The van der Waals surface area contributed by atoms with E-state index in [1.165, 1.54) is 4.90 Å². The highest BCUT2D eigenvalue weighted by Gasteiger charge is 2.32. The average molecular weight is 208 g/mol. The van der Waals surface area contributed by atoms with E-state index in [0.717, 1.165) is 0 Å². The van der Waals surface area contributed by atoms with Gasteiger partial charge < -0.3 is 4.90 Å². The normalized spacial score (nSPS) is 20.8. The van der Waals surface area contributed by atoms with Gasteiger partial charge in [0.1, 0.15) is 12.3 Å². The van der Waals surface area contributed by atoms with Crippen LogP contribution < -0.4 is 0 Å². The maximum Gasteiger partial charge on any atom is 0.227 e. The first-order valence-electron chi connectivity index (χ1n) is 5.24. The van der Waals surface area contributed by atoms with E-state index >= 15 is 0 Å². The van der Waals surface area contributed by atoms with Crippen molar-refractivity contribution in [2.24, 2.45) is 11.8 Å². The Morgan fingerprint density at radius 2 is 2.33 bits per heavy atom. The van der Waals surface area contributed by atoms with Crippen molar-refractivity contribution < 1.29 is 9.59 Å². The van der Waals surface area contributed by atoms with E-state index in [0.29, 0.717) is 19.4 Å². The zero-order chi connectivity index (χ0) is 11.4. The smallest absolute Gasteiger partial charge is 0.227 e. The first-order valence-corrected chi connectivity index (χ1v) is 5.24. The molecule has 0 aromatic carbocycles. The number of rotatable bonds is 4. The Morgan fingerprint density at radius 3 is 2.87 bits per heavy atom. The fourth-order valence-electron chi connectivity index (χ4n) is 1.71. The summed E-state index contributed by atoms with van der Waals surface area (Å²) in [6, 6.07) is 1.96. The highest BCUT2D eigenvalue weighted by molar-refractivity contribution is 5.88. The molecule has 1 amide bonds. The lowest BCUT2D eigenvalue weighted by Gasteiger charge is -2.12. The molecule has 0 spiro atoms. The molecule has 0 aromatic heterocycles. The van der Waals surface area contributed by atoms with Gasteiger partial charge >= 0.3 is 0 Å². The molecule has 1 heterocycles. The molecular formula is C11H16N2O2. The van der Waals surface area contributed by atoms with Crippen LogP contribution in [0.15, 0.2) is 0 Å². The van der Waals surface area contributed by atoms with Crippen molar-refractivity contribution in [3.8, 4) is 6.07 Å². The Hall–Kier alpha value is -1.37. The van der Waals surface area contributed by atoms with Gasteiger partial charge in [-0.15, -0.1) is 0 Å². The zero-order valence-corrected chi connectivity index (χ0v) is 9.19. The van der Waals surface area contributed by atoms with Crippen LogP contribution in [0.2, 0.25) is 0 Å². The summed E-state index contributed by atoms with van der Waals surface area (Å²) in [4.78, 5) is 24.7. The second kappa shape index (κ2) is 4.92.